The van der Waals surface area contributed by atoms with Gasteiger partial charge in [-0.3, -0.25) is 4.68 Å². The average molecular weight is 269 g/mol. The van der Waals surface area contributed by atoms with Crippen molar-refractivity contribution in [3.05, 3.63) is 42.2 Å². The molecule has 0 radical (unpaired) electrons. The topological polar surface area (TPSA) is 47.7 Å². The Bertz CT molecular complexity index is 710. The number of aromatic nitrogens is 4. The number of nitrogens with zero attached hydrogens (tertiary/aromatic N) is 4. The lowest BCUT2D eigenvalue weighted by atomic mass is 10.3. The standard InChI is InChI=1S/C15H19N5/c1-3-19-11-12(10-17-19)9-16-15-18-13-7-5-6-8-14(13)20(15)4-2/h5-8,10-11H,3-4,9H2,1-2H3,(H,16,18). The molecule has 0 aliphatic heterocycles. The number of imidazole rings is 1. The van der Waals surface area contributed by atoms with Crippen molar-refractivity contribution in [2.24, 2.45) is 0 Å². The SMILES string of the molecule is CCn1cc(CNc2nc3ccccc3n2CC)cn1. The van der Waals surface area contributed by atoms with Crippen LogP contribution in [0.1, 0.15) is 19.4 Å². The molecule has 104 valence electrons. The minimum Gasteiger partial charge on any atom is -0.351 e. The van der Waals surface area contributed by atoms with Crippen molar-refractivity contribution in [3.63, 3.8) is 0 Å². The van der Waals surface area contributed by atoms with E-state index in [1.54, 1.807) is 0 Å². The van der Waals surface area contributed by atoms with Gasteiger partial charge in [0.1, 0.15) is 0 Å². The molecule has 2 heterocycles. The molecule has 0 unspecified atom stereocenters. The fraction of sp³-hybridized carbons (Fsp3) is 0.333. The Morgan fingerprint density at radius 3 is 2.75 bits per heavy atom. The van der Waals surface area contributed by atoms with Gasteiger partial charge in [-0.2, -0.15) is 5.10 Å². The molecular weight excluding hydrogens is 250 g/mol. The third kappa shape index (κ3) is 2.27. The zero-order chi connectivity index (χ0) is 13.9. The predicted octanol–water partition coefficient (Wildman–Crippen LogP) is 2.88. The predicted molar refractivity (Wildman–Crippen MR) is 80.6 cm³/mol. The molecule has 0 saturated carbocycles. The molecule has 0 fully saturated rings. The van der Waals surface area contributed by atoms with Crippen molar-refractivity contribution in [2.75, 3.05) is 5.32 Å². The van der Waals surface area contributed by atoms with Crippen molar-refractivity contribution in [3.8, 4) is 0 Å². The summed E-state index contributed by atoms with van der Waals surface area (Å²) in [5, 5.41) is 7.69. The molecule has 3 rings (SSSR count). The molecule has 0 bridgehead atoms. The van der Waals surface area contributed by atoms with Crippen LogP contribution >= 0.6 is 0 Å². The van der Waals surface area contributed by atoms with Gasteiger partial charge < -0.3 is 9.88 Å². The van der Waals surface area contributed by atoms with Crippen molar-refractivity contribution in [1.82, 2.24) is 19.3 Å². The molecule has 0 atom stereocenters. The van der Waals surface area contributed by atoms with Crippen LogP contribution in [0.4, 0.5) is 5.95 Å². The maximum Gasteiger partial charge on any atom is 0.204 e. The van der Waals surface area contributed by atoms with E-state index in [4.69, 9.17) is 0 Å². The number of rotatable bonds is 5. The molecule has 5 nitrogen and oxygen atoms in total. The molecule has 3 aromatic rings. The van der Waals surface area contributed by atoms with E-state index >= 15 is 0 Å². The molecule has 0 aliphatic rings. The normalized spacial score (nSPS) is 11.1. The number of aryl methyl sites for hydroxylation is 2. The van der Waals surface area contributed by atoms with Crippen LogP contribution in [0.3, 0.4) is 0 Å². The van der Waals surface area contributed by atoms with Crippen LogP contribution in [0.15, 0.2) is 36.7 Å². The van der Waals surface area contributed by atoms with Gasteiger partial charge >= 0.3 is 0 Å². The number of anilines is 1. The van der Waals surface area contributed by atoms with Crippen LogP contribution in [0.5, 0.6) is 0 Å². The van der Waals surface area contributed by atoms with E-state index in [1.165, 1.54) is 11.1 Å². The van der Waals surface area contributed by atoms with E-state index in [-0.39, 0.29) is 0 Å². The summed E-state index contributed by atoms with van der Waals surface area (Å²) in [7, 11) is 0. The number of benzene rings is 1. The molecule has 0 spiro atoms. The van der Waals surface area contributed by atoms with Gasteiger partial charge in [0.25, 0.3) is 0 Å². The number of hydrogen-bond acceptors (Lipinski definition) is 3. The van der Waals surface area contributed by atoms with Crippen LogP contribution in [0, 0.1) is 0 Å². The summed E-state index contributed by atoms with van der Waals surface area (Å²) < 4.78 is 4.12. The van der Waals surface area contributed by atoms with Crippen molar-refractivity contribution >= 4 is 17.0 Å². The number of fused-ring (bicyclic) bond motifs is 1. The number of nitrogens with one attached hydrogen (secondary N) is 1. The highest BCUT2D eigenvalue weighted by molar-refractivity contribution is 5.78. The molecule has 2 aromatic heterocycles. The van der Waals surface area contributed by atoms with Gasteiger partial charge in [-0.25, -0.2) is 4.98 Å². The maximum absolute atomic E-state index is 4.65. The highest BCUT2D eigenvalue weighted by Crippen LogP contribution is 2.19. The summed E-state index contributed by atoms with van der Waals surface area (Å²) in [4.78, 5) is 4.65. The first-order chi connectivity index (χ1) is 9.81. The van der Waals surface area contributed by atoms with Crippen LogP contribution in [-0.4, -0.2) is 19.3 Å². The van der Waals surface area contributed by atoms with Crippen molar-refractivity contribution < 1.29 is 0 Å². The molecule has 1 N–H and O–H groups in total. The van der Waals surface area contributed by atoms with Crippen molar-refractivity contribution in [2.45, 2.75) is 33.5 Å². The second-order valence-corrected chi connectivity index (χ2v) is 4.73. The fourth-order valence-electron chi connectivity index (χ4n) is 2.38. The fourth-order valence-corrected chi connectivity index (χ4v) is 2.38. The second kappa shape index (κ2) is 5.36. The maximum atomic E-state index is 4.65. The van der Waals surface area contributed by atoms with E-state index < -0.39 is 0 Å². The first-order valence-electron chi connectivity index (χ1n) is 7.02. The Labute approximate surface area is 118 Å². The van der Waals surface area contributed by atoms with Crippen molar-refractivity contribution in [1.29, 1.82) is 0 Å². The second-order valence-electron chi connectivity index (χ2n) is 4.73. The summed E-state index contributed by atoms with van der Waals surface area (Å²) in [5.74, 6) is 0.915. The summed E-state index contributed by atoms with van der Waals surface area (Å²) in [5.41, 5.74) is 3.37. The highest BCUT2D eigenvalue weighted by atomic mass is 15.3. The minimum atomic E-state index is 0.739. The van der Waals surface area contributed by atoms with Gasteiger partial charge in [-0.15, -0.1) is 0 Å². The van der Waals surface area contributed by atoms with E-state index in [0.717, 1.165) is 31.1 Å². The zero-order valence-electron chi connectivity index (χ0n) is 11.9. The molecule has 5 heteroatoms. The van der Waals surface area contributed by atoms with Crippen LogP contribution in [0.25, 0.3) is 11.0 Å². The quantitative estimate of drug-likeness (QED) is 0.774. The van der Waals surface area contributed by atoms with Gasteiger partial charge in [0.15, 0.2) is 0 Å². The van der Waals surface area contributed by atoms with E-state index in [0.29, 0.717) is 0 Å². The van der Waals surface area contributed by atoms with Gasteiger partial charge in [0.05, 0.1) is 17.2 Å². The van der Waals surface area contributed by atoms with Gasteiger partial charge in [-0.1, -0.05) is 12.1 Å². The third-order valence-corrected chi connectivity index (χ3v) is 3.43. The molecule has 0 amide bonds. The smallest absolute Gasteiger partial charge is 0.204 e. The van der Waals surface area contributed by atoms with Gasteiger partial charge in [0, 0.05) is 31.4 Å². The first-order valence-corrected chi connectivity index (χ1v) is 7.02. The Hall–Kier alpha value is -2.30. The van der Waals surface area contributed by atoms with E-state index in [9.17, 15) is 0 Å². The Kier molecular flexibility index (Phi) is 3.41. The Morgan fingerprint density at radius 2 is 2.00 bits per heavy atom. The average Bonchev–Trinajstić information content (AvgIpc) is 3.08. The Balaban J connectivity index is 1.83. The minimum absolute atomic E-state index is 0.739. The first kappa shape index (κ1) is 12.7. The summed E-state index contributed by atoms with van der Waals surface area (Å²) in [6.45, 7) is 6.75. The Morgan fingerprint density at radius 1 is 1.15 bits per heavy atom. The highest BCUT2D eigenvalue weighted by Gasteiger charge is 2.08. The van der Waals surface area contributed by atoms with E-state index in [2.05, 4.69) is 46.1 Å². The lowest BCUT2D eigenvalue weighted by Crippen LogP contribution is -2.06. The van der Waals surface area contributed by atoms with Crippen LogP contribution in [0.2, 0.25) is 0 Å². The third-order valence-electron chi connectivity index (χ3n) is 3.43. The summed E-state index contributed by atoms with van der Waals surface area (Å²) in [6.07, 6.45) is 3.96. The lowest BCUT2D eigenvalue weighted by molar-refractivity contribution is 0.659. The van der Waals surface area contributed by atoms with E-state index in [1.807, 2.05) is 29.1 Å². The molecule has 0 saturated heterocycles. The van der Waals surface area contributed by atoms with Gasteiger partial charge in [-0.05, 0) is 26.0 Å². The summed E-state index contributed by atoms with van der Waals surface area (Å²) in [6, 6.07) is 8.21. The zero-order valence-corrected chi connectivity index (χ0v) is 11.9. The molecular formula is C15H19N5. The van der Waals surface area contributed by atoms with Crippen LogP contribution in [-0.2, 0) is 19.6 Å². The van der Waals surface area contributed by atoms with Crippen LogP contribution < -0.4 is 5.32 Å². The monoisotopic (exact) mass is 269 g/mol. The lowest BCUT2D eigenvalue weighted by Gasteiger charge is -2.07. The molecule has 0 aliphatic carbocycles. The number of hydrogen-bond donors (Lipinski definition) is 1. The number of para-hydroxylation sites is 2. The largest absolute Gasteiger partial charge is 0.351 e. The summed E-state index contributed by atoms with van der Waals surface area (Å²) >= 11 is 0. The molecule has 20 heavy (non-hydrogen) atoms. The molecule has 1 aromatic carbocycles. The van der Waals surface area contributed by atoms with Gasteiger partial charge in [0.2, 0.25) is 5.95 Å².